The molecule has 1 atom stereocenters. The lowest BCUT2D eigenvalue weighted by Gasteiger charge is -2.30. The van der Waals surface area contributed by atoms with Crippen molar-refractivity contribution in [2.24, 2.45) is 0 Å². The van der Waals surface area contributed by atoms with Gasteiger partial charge in [-0.2, -0.15) is 0 Å². The largest absolute Gasteiger partial charge is 0.548 e. The van der Waals surface area contributed by atoms with Crippen LogP contribution >= 0.6 is 0 Å². The maximum atomic E-state index is 11.7. The number of nitrogens with one attached hydrogen (secondary N) is 2. The lowest BCUT2D eigenvalue weighted by Crippen LogP contribution is -2.46. The molecule has 0 spiro atoms. The molecule has 1 aliphatic rings. The average Bonchev–Trinajstić information content (AvgIpc) is 2.87. The molecule has 2 rings (SSSR count). The number of ether oxygens (including phenoxy) is 2. The molecule has 9 nitrogen and oxygen atoms in total. The summed E-state index contributed by atoms with van der Waals surface area (Å²) in [6, 6.07) is -1.16. The van der Waals surface area contributed by atoms with Gasteiger partial charge in [-0.15, -0.1) is 0 Å². The fourth-order valence-electron chi connectivity index (χ4n) is 1.79. The maximum Gasteiger partial charge on any atom is 0.350 e. The summed E-state index contributed by atoms with van der Waals surface area (Å²) in [5.74, 6) is -4.54. The zero-order valence-corrected chi connectivity index (χ0v) is 11.9. The van der Waals surface area contributed by atoms with E-state index < -0.39 is 35.3 Å². The van der Waals surface area contributed by atoms with Gasteiger partial charge in [0.15, 0.2) is 5.57 Å². The van der Waals surface area contributed by atoms with E-state index in [2.05, 4.69) is 15.3 Å². The molecule has 1 saturated heterocycles. The second-order valence-electron chi connectivity index (χ2n) is 5.06. The number of aliphatic carboxylic acids is 1. The zero-order chi connectivity index (χ0) is 16.3. The molecule has 0 aromatic carbocycles. The monoisotopic (exact) mass is 308 g/mol. The lowest BCUT2D eigenvalue weighted by molar-refractivity contribution is -0.308. The molecule has 0 amide bonds. The molecule has 1 fully saturated rings. The van der Waals surface area contributed by atoms with Crippen LogP contribution in [0.3, 0.4) is 0 Å². The standard InChI is InChI=1S/C13H15N3O6/c1-13(2)21-11(19)8(12(20)22-13)5-15-9(10(17)18)3-7-4-14-6-16-7/h4-6,9,15H,3H2,1-2H3,(H,14,16)(H,17,18)/p-1. The number of carboxylic acid groups (broad SMARTS) is 1. The van der Waals surface area contributed by atoms with Gasteiger partial charge in [0.05, 0.1) is 18.3 Å². The predicted molar refractivity (Wildman–Crippen MR) is 68.6 cm³/mol. The molecule has 1 unspecified atom stereocenters. The molecule has 1 aliphatic heterocycles. The lowest BCUT2D eigenvalue weighted by atomic mass is 10.1. The van der Waals surface area contributed by atoms with Crippen LogP contribution in [-0.4, -0.2) is 39.7 Å². The van der Waals surface area contributed by atoms with Crippen LogP contribution < -0.4 is 10.4 Å². The van der Waals surface area contributed by atoms with Gasteiger partial charge in [-0.05, 0) is 0 Å². The van der Waals surface area contributed by atoms with Crippen molar-refractivity contribution < 1.29 is 29.0 Å². The zero-order valence-electron chi connectivity index (χ0n) is 11.9. The highest BCUT2D eigenvalue weighted by Crippen LogP contribution is 2.22. The molecule has 0 aliphatic carbocycles. The van der Waals surface area contributed by atoms with Crippen LogP contribution in [0.15, 0.2) is 24.3 Å². The minimum Gasteiger partial charge on any atom is -0.548 e. The van der Waals surface area contributed by atoms with Crippen molar-refractivity contribution in [2.45, 2.75) is 32.1 Å². The molecule has 118 valence electrons. The Labute approximate surface area is 125 Å². The number of cyclic esters (lactones) is 2. The molecular formula is C13H14N3O6-. The van der Waals surface area contributed by atoms with Crippen molar-refractivity contribution in [2.75, 3.05) is 0 Å². The molecule has 0 radical (unpaired) electrons. The molecule has 2 heterocycles. The normalized spacial score (nSPS) is 18.2. The first-order valence-corrected chi connectivity index (χ1v) is 6.39. The van der Waals surface area contributed by atoms with E-state index >= 15 is 0 Å². The molecule has 1 aromatic rings. The number of carboxylic acids is 1. The highest BCUT2D eigenvalue weighted by Gasteiger charge is 2.39. The summed E-state index contributed by atoms with van der Waals surface area (Å²) < 4.78 is 9.77. The Hall–Kier alpha value is -2.84. The van der Waals surface area contributed by atoms with Crippen molar-refractivity contribution in [3.05, 3.63) is 30.0 Å². The summed E-state index contributed by atoms with van der Waals surface area (Å²) in [6.07, 6.45) is 3.84. The Morgan fingerprint density at radius 1 is 1.45 bits per heavy atom. The minimum atomic E-state index is -1.40. The Morgan fingerprint density at radius 2 is 2.09 bits per heavy atom. The summed E-state index contributed by atoms with van der Waals surface area (Å²) >= 11 is 0. The van der Waals surface area contributed by atoms with E-state index in [1.54, 1.807) is 0 Å². The fraction of sp³-hybridized carbons (Fsp3) is 0.385. The molecule has 0 saturated carbocycles. The van der Waals surface area contributed by atoms with Crippen LogP contribution in [0.25, 0.3) is 0 Å². The first kappa shape index (κ1) is 15.5. The molecular weight excluding hydrogens is 294 g/mol. The van der Waals surface area contributed by atoms with Gasteiger partial charge in [0, 0.05) is 38.4 Å². The highest BCUT2D eigenvalue weighted by atomic mass is 16.7. The third kappa shape index (κ3) is 3.62. The number of carbonyl (C=O) groups is 3. The summed E-state index contributed by atoms with van der Waals surface area (Å²) in [6.45, 7) is 2.82. The SMILES string of the molecule is CC1(C)OC(=O)C(=CNC(Cc2cnc[nH]2)C(=O)[O-])C(=O)O1. The third-order valence-electron chi connectivity index (χ3n) is 2.81. The van der Waals surface area contributed by atoms with Crippen molar-refractivity contribution in [3.8, 4) is 0 Å². The maximum absolute atomic E-state index is 11.7. The third-order valence-corrected chi connectivity index (χ3v) is 2.81. The summed E-state index contributed by atoms with van der Waals surface area (Å²) in [5.41, 5.74) is 0.130. The van der Waals surface area contributed by atoms with Crippen LogP contribution in [0.4, 0.5) is 0 Å². The molecule has 9 heteroatoms. The predicted octanol–water partition coefficient (Wildman–Crippen LogP) is -1.62. The number of aromatic amines is 1. The van der Waals surface area contributed by atoms with Crippen molar-refractivity contribution in [3.63, 3.8) is 0 Å². The first-order chi connectivity index (χ1) is 10.3. The smallest absolute Gasteiger partial charge is 0.350 e. The molecule has 22 heavy (non-hydrogen) atoms. The second-order valence-corrected chi connectivity index (χ2v) is 5.06. The Kier molecular flexibility index (Phi) is 4.15. The van der Waals surface area contributed by atoms with Gasteiger partial charge in [-0.3, -0.25) is 0 Å². The Balaban J connectivity index is 2.09. The van der Waals surface area contributed by atoms with E-state index in [4.69, 9.17) is 9.47 Å². The average molecular weight is 308 g/mol. The van der Waals surface area contributed by atoms with Gasteiger partial charge in [0.1, 0.15) is 0 Å². The van der Waals surface area contributed by atoms with Crippen LogP contribution in [0, 0.1) is 0 Å². The Morgan fingerprint density at radius 3 is 2.59 bits per heavy atom. The topological polar surface area (TPSA) is 133 Å². The number of H-pyrrole nitrogens is 1. The fourth-order valence-corrected chi connectivity index (χ4v) is 1.79. The van der Waals surface area contributed by atoms with Gasteiger partial charge in [0.2, 0.25) is 0 Å². The van der Waals surface area contributed by atoms with Gasteiger partial charge in [-0.25, -0.2) is 14.6 Å². The number of aromatic nitrogens is 2. The Bertz CT molecular complexity index is 598. The van der Waals surface area contributed by atoms with Crippen LogP contribution in [0.1, 0.15) is 19.5 Å². The van der Waals surface area contributed by atoms with Gasteiger partial charge >= 0.3 is 11.9 Å². The van der Waals surface area contributed by atoms with E-state index in [1.165, 1.54) is 26.4 Å². The van der Waals surface area contributed by atoms with E-state index in [0.717, 1.165) is 6.20 Å². The first-order valence-electron chi connectivity index (χ1n) is 6.39. The number of nitrogens with zero attached hydrogens (tertiary/aromatic N) is 1. The minimum absolute atomic E-state index is 0.0295. The van der Waals surface area contributed by atoms with Crippen LogP contribution in [-0.2, 0) is 30.3 Å². The number of carbonyl (C=O) groups excluding carboxylic acids is 3. The van der Waals surface area contributed by atoms with Crippen molar-refractivity contribution >= 4 is 17.9 Å². The van der Waals surface area contributed by atoms with Crippen LogP contribution in [0.5, 0.6) is 0 Å². The quantitative estimate of drug-likeness (QED) is 0.376. The number of hydrogen-bond donors (Lipinski definition) is 2. The number of hydrogen-bond acceptors (Lipinski definition) is 8. The molecule has 2 N–H and O–H groups in total. The van der Waals surface area contributed by atoms with E-state index in [1.807, 2.05) is 0 Å². The number of rotatable bonds is 5. The van der Waals surface area contributed by atoms with Crippen molar-refractivity contribution in [1.29, 1.82) is 0 Å². The van der Waals surface area contributed by atoms with E-state index in [-0.39, 0.29) is 6.42 Å². The van der Waals surface area contributed by atoms with Gasteiger partial charge in [0.25, 0.3) is 5.79 Å². The van der Waals surface area contributed by atoms with E-state index in [9.17, 15) is 19.5 Å². The number of imidazole rings is 1. The summed E-state index contributed by atoms with van der Waals surface area (Å²) in [4.78, 5) is 41.0. The van der Waals surface area contributed by atoms with Crippen molar-refractivity contribution in [1.82, 2.24) is 15.3 Å². The summed E-state index contributed by atoms with van der Waals surface area (Å²) in [7, 11) is 0. The highest BCUT2D eigenvalue weighted by molar-refractivity contribution is 6.15. The van der Waals surface area contributed by atoms with Gasteiger partial charge < -0.3 is 29.7 Å². The van der Waals surface area contributed by atoms with Gasteiger partial charge in [-0.1, -0.05) is 0 Å². The summed E-state index contributed by atoms with van der Waals surface area (Å²) in [5, 5.41) is 13.5. The molecule has 0 bridgehead atoms. The van der Waals surface area contributed by atoms with E-state index in [0.29, 0.717) is 5.69 Å². The second kappa shape index (κ2) is 5.88. The van der Waals surface area contributed by atoms with Crippen LogP contribution in [0.2, 0.25) is 0 Å². The number of esters is 2. The molecule has 1 aromatic heterocycles.